The summed E-state index contributed by atoms with van der Waals surface area (Å²) in [5, 5.41) is 1.14. The Morgan fingerprint density at radius 2 is 2.42 bits per heavy atom. The van der Waals surface area contributed by atoms with Crippen LogP contribution in [0, 0.1) is 5.92 Å². The van der Waals surface area contributed by atoms with Crippen molar-refractivity contribution in [1.29, 1.82) is 0 Å². The molecule has 0 saturated carbocycles. The summed E-state index contributed by atoms with van der Waals surface area (Å²) in [6, 6.07) is 0. The summed E-state index contributed by atoms with van der Waals surface area (Å²) in [6.45, 7) is 4.33. The third-order valence-electron chi connectivity index (χ3n) is 1.47. The van der Waals surface area contributed by atoms with Gasteiger partial charge in [0.25, 0.3) is 0 Å². The van der Waals surface area contributed by atoms with E-state index < -0.39 is 0 Å². The van der Waals surface area contributed by atoms with E-state index in [1.807, 2.05) is 0 Å². The monoisotopic (exact) mass is 183 g/mol. The van der Waals surface area contributed by atoms with Crippen molar-refractivity contribution in [3.63, 3.8) is 0 Å². The standard InChI is InChI=1S/C9H13NOS/c1-7(2)5-9-10-6-8(12-9)3-4-11/h4,6-7H,3,5H2,1-2H3. The van der Waals surface area contributed by atoms with E-state index in [0.717, 1.165) is 22.6 Å². The van der Waals surface area contributed by atoms with Crippen molar-refractivity contribution in [3.8, 4) is 0 Å². The second kappa shape index (κ2) is 4.36. The van der Waals surface area contributed by atoms with Crippen LogP contribution in [0.5, 0.6) is 0 Å². The highest BCUT2D eigenvalue weighted by Crippen LogP contribution is 2.16. The molecule has 0 aliphatic carbocycles. The zero-order valence-electron chi connectivity index (χ0n) is 7.41. The van der Waals surface area contributed by atoms with E-state index in [0.29, 0.717) is 12.3 Å². The summed E-state index contributed by atoms with van der Waals surface area (Å²) < 4.78 is 0. The highest BCUT2D eigenvalue weighted by Gasteiger charge is 2.03. The molecule has 0 fully saturated rings. The highest BCUT2D eigenvalue weighted by atomic mass is 32.1. The molecule has 0 aliphatic rings. The normalized spacial score (nSPS) is 10.6. The topological polar surface area (TPSA) is 30.0 Å². The van der Waals surface area contributed by atoms with Gasteiger partial charge in [-0.25, -0.2) is 4.98 Å². The number of aldehydes is 1. The zero-order chi connectivity index (χ0) is 8.97. The lowest BCUT2D eigenvalue weighted by Gasteiger charge is -1.97. The van der Waals surface area contributed by atoms with Crippen LogP contribution in [0.2, 0.25) is 0 Å². The van der Waals surface area contributed by atoms with Gasteiger partial charge >= 0.3 is 0 Å². The van der Waals surface area contributed by atoms with Crippen LogP contribution in [0.25, 0.3) is 0 Å². The SMILES string of the molecule is CC(C)Cc1ncc(CC=O)s1. The molecule has 0 radical (unpaired) electrons. The molecule has 0 spiro atoms. The molecule has 66 valence electrons. The fraction of sp³-hybridized carbons (Fsp3) is 0.556. The number of hydrogen-bond donors (Lipinski definition) is 0. The molecule has 0 aromatic carbocycles. The first-order valence-corrected chi connectivity index (χ1v) is 4.91. The summed E-state index contributed by atoms with van der Waals surface area (Å²) in [5.74, 6) is 0.639. The maximum absolute atomic E-state index is 10.2. The van der Waals surface area contributed by atoms with Gasteiger partial charge in [-0.05, 0) is 5.92 Å². The molecule has 0 unspecified atom stereocenters. The van der Waals surface area contributed by atoms with Crippen LogP contribution in [0.1, 0.15) is 23.7 Å². The van der Waals surface area contributed by atoms with Crippen molar-refractivity contribution in [3.05, 3.63) is 16.1 Å². The van der Waals surface area contributed by atoms with Crippen LogP contribution >= 0.6 is 11.3 Å². The van der Waals surface area contributed by atoms with Crippen LogP contribution in [0.3, 0.4) is 0 Å². The minimum Gasteiger partial charge on any atom is -0.303 e. The van der Waals surface area contributed by atoms with E-state index >= 15 is 0 Å². The smallest absolute Gasteiger partial charge is 0.125 e. The first-order chi connectivity index (χ1) is 5.72. The Balaban J connectivity index is 2.57. The van der Waals surface area contributed by atoms with Crippen LogP contribution in [0.15, 0.2) is 6.20 Å². The largest absolute Gasteiger partial charge is 0.303 e. The van der Waals surface area contributed by atoms with Gasteiger partial charge in [0, 0.05) is 23.9 Å². The molecular formula is C9H13NOS. The molecule has 1 heterocycles. The second-order valence-corrected chi connectivity index (χ2v) is 4.39. The van der Waals surface area contributed by atoms with Gasteiger partial charge in [0.1, 0.15) is 6.29 Å². The van der Waals surface area contributed by atoms with Gasteiger partial charge in [-0.2, -0.15) is 0 Å². The Labute approximate surface area is 76.6 Å². The van der Waals surface area contributed by atoms with Crippen molar-refractivity contribution in [2.24, 2.45) is 5.92 Å². The molecule has 1 aromatic rings. The van der Waals surface area contributed by atoms with Gasteiger partial charge in [0.15, 0.2) is 0 Å². The molecule has 0 N–H and O–H groups in total. The summed E-state index contributed by atoms with van der Waals surface area (Å²) in [4.78, 5) is 15.5. The lowest BCUT2D eigenvalue weighted by atomic mass is 10.1. The average Bonchev–Trinajstić information content (AvgIpc) is 2.36. The fourth-order valence-electron chi connectivity index (χ4n) is 0.968. The lowest BCUT2D eigenvalue weighted by molar-refractivity contribution is -0.107. The summed E-state index contributed by atoms with van der Waals surface area (Å²) in [7, 11) is 0. The van der Waals surface area contributed by atoms with Crippen molar-refractivity contribution >= 4 is 17.6 Å². The van der Waals surface area contributed by atoms with Gasteiger partial charge in [0.05, 0.1) is 5.01 Å². The van der Waals surface area contributed by atoms with Crippen molar-refractivity contribution in [2.45, 2.75) is 26.7 Å². The average molecular weight is 183 g/mol. The number of rotatable bonds is 4. The third kappa shape index (κ3) is 2.74. The first-order valence-electron chi connectivity index (χ1n) is 4.09. The maximum atomic E-state index is 10.2. The predicted molar refractivity (Wildman–Crippen MR) is 50.4 cm³/mol. The Kier molecular flexibility index (Phi) is 3.41. The van der Waals surface area contributed by atoms with E-state index in [9.17, 15) is 4.79 Å². The molecule has 0 saturated heterocycles. The maximum Gasteiger partial charge on any atom is 0.125 e. The lowest BCUT2D eigenvalue weighted by Crippen LogP contribution is -1.91. The van der Waals surface area contributed by atoms with Crippen LogP contribution in [-0.2, 0) is 17.6 Å². The number of aromatic nitrogens is 1. The Hall–Kier alpha value is -0.700. The van der Waals surface area contributed by atoms with Crippen molar-refractivity contribution in [2.75, 3.05) is 0 Å². The summed E-state index contributed by atoms with van der Waals surface area (Å²) in [6.07, 6.45) is 4.25. The first kappa shape index (κ1) is 9.39. The minimum absolute atomic E-state index is 0.510. The van der Waals surface area contributed by atoms with Gasteiger partial charge in [-0.1, -0.05) is 13.8 Å². The second-order valence-electron chi connectivity index (χ2n) is 3.19. The summed E-state index contributed by atoms with van der Waals surface area (Å²) in [5.41, 5.74) is 0. The van der Waals surface area contributed by atoms with E-state index in [1.54, 1.807) is 17.5 Å². The highest BCUT2D eigenvalue weighted by molar-refractivity contribution is 7.11. The van der Waals surface area contributed by atoms with E-state index in [1.165, 1.54) is 0 Å². The molecule has 1 rings (SSSR count). The number of nitrogens with zero attached hydrogens (tertiary/aromatic N) is 1. The number of carbonyl (C=O) groups excluding carboxylic acids is 1. The minimum atomic E-state index is 0.510. The molecule has 2 nitrogen and oxygen atoms in total. The summed E-state index contributed by atoms with van der Waals surface area (Å²) >= 11 is 1.64. The molecule has 1 aromatic heterocycles. The van der Waals surface area contributed by atoms with Crippen molar-refractivity contribution < 1.29 is 4.79 Å². The molecule has 0 bridgehead atoms. The molecule has 0 atom stereocenters. The molecular weight excluding hydrogens is 170 g/mol. The number of carbonyl (C=O) groups is 1. The number of hydrogen-bond acceptors (Lipinski definition) is 3. The molecule has 0 aliphatic heterocycles. The van der Waals surface area contributed by atoms with Crippen molar-refractivity contribution in [1.82, 2.24) is 4.98 Å². The van der Waals surface area contributed by atoms with E-state index in [-0.39, 0.29) is 0 Å². The van der Waals surface area contributed by atoms with Gasteiger partial charge in [-0.3, -0.25) is 0 Å². The van der Waals surface area contributed by atoms with E-state index in [2.05, 4.69) is 18.8 Å². The zero-order valence-corrected chi connectivity index (χ0v) is 8.23. The predicted octanol–water partition coefficient (Wildman–Crippen LogP) is 2.08. The Morgan fingerprint density at radius 3 is 3.00 bits per heavy atom. The van der Waals surface area contributed by atoms with E-state index in [4.69, 9.17) is 0 Å². The molecule has 3 heteroatoms. The quantitative estimate of drug-likeness (QED) is 0.669. The number of thiazole rings is 1. The molecule has 12 heavy (non-hydrogen) atoms. The van der Waals surface area contributed by atoms with Gasteiger partial charge in [0.2, 0.25) is 0 Å². The Bertz CT molecular complexity index is 255. The third-order valence-corrected chi connectivity index (χ3v) is 2.51. The Morgan fingerprint density at radius 1 is 1.67 bits per heavy atom. The van der Waals surface area contributed by atoms with Gasteiger partial charge < -0.3 is 4.79 Å². The van der Waals surface area contributed by atoms with Crippen LogP contribution in [-0.4, -0.2) is 11.3 Å². The fourth-order valence-corrected chi connectivity index (χ4v) is 2.05. The van der Waals surface area contributed by atoms with Gasteiger partial charge in [-0.15, -0.1) is 11.3 Å². The van der Waals surface area contributed by atoms with Crippen LogP contribution in [0.4, 0.5) is 0 Å². The van der Waals surface area contributed by atoms with Crippen LogP contribution < -0.4 is 0 Å². The molecule has 0 amide bonds.